The molecular weight excluding hydrogens is 379 g/mol. The molecular formula is C17H16Cl2N4O3. The van der Waals surface area contributed by atoms with Crippen LogP contribution in [0, 0.1) is 0 Å². The lowest BCUT2D eigenvalue weighted by Crippen LogP contribution is -2.50. The summed E-state index contributed by atoms with van der Waals surface area (Å²) in [6.45, 7) is 2.55. The number of fused-ring (bicyclic) bond motifs is 1. The minimum absolute atomic E-state index is 0.238. The van der Waals surface area contributed by atoms with Crippen LogP contribution in [0.5, 0.6) is 11.5 Å². The number of ether oxygens (including phenoxy) is 2. The second kappa shape index (κ2) is 7.17. The number of piperazine rings is 1. The van der Waals surface area contributed by atoms with E-state index in [9.17, 15) is 4.79 Å². The number of anilines is 1. The molecule has 9 heteroatoms. The Morgan fingerprint density at radius 2 is 1.85 bits per heavy atom. The third-order valence-corrected chi connectivity index (χ3v) is 4.75. The van der Waals surface area contributed by atoms with E-state index in [1.54, 1.807) is 11.1 Å². The summed E-state index contributed by atoms with van der Waals surface area (Å²) in [6.07, 6.45) is 1.73. The Balaban J connectivity index is 1.49. The van der Waals surface area contributed by atoms with Gasteiger partial charge in [0.2, 0.25) is 12.7 Å². The maximum atomic E-state index is 11.9. The van der Waals surface area contributed by atoms with Crippen LogP contribution in [0.15, 0.2) is 30.5 Å². The highest BCUT2D eigenvalue weighted by Crippen LogP contribution is 2.35. The first kappa shape index (κ1) is 17.2. The van der Waals surface area contributed by atoms with Crippen LogP contribution in [-0.4, -0.2) is 58.6 Å². The highest BCUT2D eigenvalue weighted by Gasteiger charge is 2.26. The van der Waals surface area contributed by atoms with E-state index in [4.69, 9.17) is 32.7 Å². The summed E-state index contributed by atoms with van der Waals surface area (Å²) in [5.41, 5.74) is 1.73. The van der Waals surface area contributed by atoms with Crippen molar-refractivity contribution in [3.8, 4) is 22.8 Å². The third-order valence-electron chi connectivity index (χ3n) is 4.37. The zero-order valence-corrected chi connectivity index (χ0v) is 15.3. The first-order valence-corrected chi connectivity index (χ1v) is 9.04. The fourth-order valence-corrected chi connectivity index (χ4v) is 3.26. The lowest BCUT2D eigenvalue weighted by atomic mass is 10.1. The van der Waals surface area contributed by atoms with Gasteiger partial charge in [0.05, 0.1) is 5.69 Å². The monoisotopic (exact) mass is 394 g/mol. The third kappa shape index (κ3) is 3.37. The zero-order valence-electron chi connectivity index (χ0n) is 13.8. The number of rotatable bonds is 3. The topological polar surface area (TPSA) is 67.8 Å². The Bertz CT molecular complexity index is 825. The van der Waals surface area contributed by atoms with Crippen LogP contribution < -0.4 is 14.4 Å². The fraction of sp³-hybridized carbons (Fsp3) is 0.353. The molecule has 0 bridgehead atoms. The molecule has 26 heavy (non-hydrogen) atoms. The van der Waals surface area contributed by atoms with Gasteiger partial charge in [-0.1, -0.05) is 23.2 Å². The lowest BCUT2D eigenvalue weighted by Gasteiger charge is -2.35. The summed E-state index contributed by atoms with van der Waals surface area (Å²) in [4.78, 5) is 23.6. The van der Waals surface area contributed by atoms with Crippen molar-refractivity contribution in [1.29, 1.82) is 0 Å². The number of carbonyl (C=O) groups is 1. The highest BCUT2D eigenvalue weighted by molar-refractivity contribution is 6.53. The maximum absolute atomic E-state index is 11.9. The van der Waals surface area contributed by atoms with Crippen LogP contribution in [0.3, 0.4) is 0 Å². The Labute approximate surface area is 160 Å². The molecule has 2 aliphatic rings. The predicted molar refractivity (Wildman–Crippen MR) is 97.9 cm³/mol. The van der Waals surface area contributed by atoms with E-state index in [-0.39, 0.29) is 12.7 Å². The van der Waals surface area contributed by atoms with Crippen molar-refractivity contribution in [2.75, 3.05) is 37.9 Å². The number of hydrogen-bond acceptors (Lipinski definition) is 6. The standard InChI is InChI=1S/C17H16Cl2N4O3/c18-15(19)16(24)22-5-7-23(8-6-22)17-20-4-3-12(21-17)11-1-2-13-14(9-11)26-10-25-13/h1-4,9,15H,5-8,10H2. The second-order valence-corrected chi connectivity index (χ2v) is 7.02. The van der Waals surface area contributed by atoms with Crippen LogP contribution in [0.4, 0.5) is 5.95 Å². The van der Waals surface area contributed by atoms with Crippen LogP contribution in [-0.2, 0) is 4.79 Å². The molecule has 0 radical (unpaired) electrons. The molecule has 3 heterocycles. The molecule has 1 fully saturated rings. The lowest BCUT2D eigenvalue weighted by molar-refractivity contribution is -0.129. The minimum Gasteiger partial charge on any atom is -0.454 e. The number of alkyl halides is 2. The summed E-state index contributed by atoms with van der Waals surface area (Å²) in [6, 6.07) is 7.58. The molecule has 0 saturated carbocycles. The van der Waals surface area contributed by atoms with Gasteiger partial charge in [-0.3, -0.25) is 4.79 Å². The molecule has 136 valence electrons. The van der Waals surface area contributed by atoms with E-state index in [1.807, 2.05) is 29.2 Å². The maximum Gasteiger partial charge on any atom is 0.255 e. The number of amides is 1. The average molecular weight is 395 g/mol. The molecule has 0 N–H and O–H groups in total. The fourth-order valence-electron chi connectivity index (χ4n) is 2.98. The second-order valence-electron chi connectivity index (χ2n) is 5.92. The molecule has 4 rings (SSSR count). The molecule has 1 aromatic carbocycles. The quantitative estimate of drug-likeness (QED) is 0.744. The van der Waals surface area contributed by atoms with Crippen LogP contribution >= 0.6 is 23.2 Å². The smallest absolute Gasteiger partial charge is 0.255 e. The van der Waals surface area contributed by atoms with Gasteiger partial charge < -0.3 is 19.3 Å². The molecule has 0 aliphatic carbocycles. The average Bonchev–Trinajstić information content (AvgIpc) is 3.15. The summed E-state index contributed by atoms with van der Waals surface area (Å²) < 4.78 is 10.8. The largest absolute Gasteiger partial charge is 0.454 e. The van der Waals surface area contributed by atoms with Crippen LogP contribution in [0.2, 0.25) is 0 Å². The van der Waals surface area contributed by atoms with E-state index in [0.717, 1.165) is 17.0 Å². The zero-order chi connectivity index (χ0) is 18.1. The summed E-state index contributed by atoms with van der Waals surface area (Å²) in [5.74, 6) is 1.82. The van der Waals surface area contributed by atoms with Crippen molar-refractivity contribution in [2.45, 2.75) is 4.84 Å². The van der Waals surface area contributed by atoms with Gasteiger partial charge in [0.15, 0.2) is 16.3 Å². The van der Waals surface area contributed by atoms with Crippen molar-refractivity contribution >= 4 is 35.1 Å². The van der Waals surface area contributed by atoms with Crippen molar-refractivity contribution < 1.29 is 14.3 Å². The van der Waals surface area contributed by atoms with Gasteiger partial charge in [0.1, 0.15) is 0 Å². The van der Waals surface area contributed by atoms with Gasteiger partial charge in [-0.15, -0.1) is 0 Å². The number of carbonyl (C=O) groups excluding carboxylic acids is 1. The SMILES string of the molecule is O=C(C(Cl)Cl)N1CCN(c2nccc(-c3ccc4c(c3)OCO4)n2)CC1. The van der Waals surface area contributed by atoms with Crippen molar-refractivity contribution in [3.63, 3.8) is 0 Å². The van der Waals surface area contributed by atoms with E-state index < -0.39 is 4.84 Å². The number of nitrogens with zero attached hydrogens (tertiary/aromatic N) is 4. The normalized spacial score (nSPS) is 16.3. The highest BCUT2D eigenvalue weighted by atomic mass is 35.5. The molecule has 2 aliphatic heterocycles. The van der Waals surface area contributed by atoms with E-state index >= 15 is 0 Å². The van der Waals surface area contributed by atoms with E-state index in [1.165, 1.54) is 0 Å². The van der Waals surface area contributed by atoms with Gasteiger partial charge in [-0.2, -0.15) is 0 Å². The molecule has 0 unspecified atom stereocenters. The van der Waals surface area contributed by atoms with E-state index in [0.29, 0.717) is 37.9 Å². The van der Waals surface area contributed by atoms with Gasteiger partial charge in [-0.25, -0.2) is 9.97 Å². The predicted octanol–water partition coefficient (Wildman–Crippen LogP) is 2.32. The molecule has 7 nitrogen and oxygen atoms in total. The van der Waals surface area contributed by atoms with Gasteiger partial charge in [0, 0.05) is 37.9 Å². The number of aromatic nitrogens is 2. The number of benzene rings is 1. The van der Waals surface area contributed by atoms with Crippen molar-refractivity contribution in [2.24, 2.45) is 0 Å². The first-order valence-electron chi connectivity index (χ1n) is 8.17. The molecule has 2 aromatic rings. The van der Waals surface area contributed by atoms with E-state index in [2.05, 4.69) is 9.97 Å². The van der Waals surface area contributed by atoms with Crippen LogP contribution in [0.25, 0.3) is 11.3 Å². The summed E-state index contributed by atoms with van der Waals surface area (Å²) in [7, 11) is 0. The van der Waals surface area contributed by atoms with Gasteiger partial charge in [-0.05, 0) is 24.3 Å². The first-order chi connectivity index (χ1) is 12.6. The van der Waals surface area contributed by atoms with Crippen molar-refractivity contribution in [1.82, 2.24) is 14.9 Å². The molecule has 0 atom stereocenters. The Morgan fingerprint density at radius 3 is 2.62 bits per heavy atom. The number of hydrogen-bond donors (Lipinski definition) is 0. The minimum atomic E-state index is -1.02. The molecule has 1 aromatic heterocycles. The van der Waals surface area contributed by atoms with Gasteiger partial charge >= 0.3 is 0 Å². The Kier molecular flexibility index (Phi) is 4.74. The Hall–Kier alpha value is -2.25. The molecule has 1 amide bonds. The Morgan fingerprint density at radius 1 is 1.08 bits per heavy atom. The summed E-state index contributed by atoms with van der Waals surface area (Å²) in [5, 5.41) is 0. The molecule has 0 spiro atoms. The van der Waals surface area contributed by atoms with Crippen molar-refractivity contribution in [3.05, 3.63) is 30.5 Å². The van der Waals surface area contributed by atoms with Crippen LogP contribution in [0.1, 0.15) is 0 Å². The number of halogens is 2. The molecule has 1 saturated heterocycles. The van der Waals surface area contributed by atoms with Gasteiger partial charge in [0.25, 0.3) is 5.91 Å². The summed E-state index contributed by atoms with van der Waals surface area (Å²) >= 11 is 11.3.